The zero-order chi connectivity index (χ0) is 23.8. The Kier molecular flexibility index (Phi) is 9.57. The van der Waals surface area contributed by atoms with Crippen LogP contribution in [0.4, 0.5) is 4.79 Å². The maximum absolute atomic E-state index is 13.2. The highest BCUT2D eigenvalue weighted by molar-refractivity contribution is 5.91. The van der Waals surface area contributed by atoms with Crippen LogP contribution in [0.25, 0.3) is 0 Å². The van der Waals surface area contributed by atoms with Crippen molar-refractivity contribution >= 4 is 17.9 Å². The van der Waals surface area contributed by atoms with Crippen molar-refractivity contribution in [3.63, 3.8) is 0 Å². The number of nitrogens with one attached hydrogen (secondary N) is 2. The molecule has 7 nitrogen and oxygen atoms in total. The third kappa shape index (κ3) is 7.97. The monoisotopic (exact) mass is 429 g/mol. The quantitative estimate of drug-likeness (QED) is 0.620. The van der Waals surface area contributed by atoms with E-state index in [-0.39, 0.29) is 24.5 Å². The summed E-state index contributed by atoms with van der Waals surface area (Å²) < 4.78 is 5.21. The Bertz CT molecular complexity index is 821. The molecule has 0 bridgehead atoms. The lowest BCUT2D eigenvalue weighted by Crippen LogP contribution is -2.52. The number of carbonyl (C=O) groups is 3. The summed E-state index contributed by atoms with van der Waals surface area (Å²) in [5.41, 5.74) is 0.413. The Morgan fingerprint density at radius 2 is 1.77 bits per heavy atom. The Morgan fingerprint density at radius 3 is 2.29 bits per heavy atom. The van der Waals surface area contributed by atoms with Gasteiger partial charge in [-0.3, -0.25) is 9.59 Å². The fourth-order valence-corrected chi connectivity index (χ4v) is 3.04. The SMILES string of the molecule is C#Cc1ccccc1C(C(=O)NC(C)C)N(C(=O)CNC(=O)OC(C)(C)C)C(C)CC. The lowest BCUT2D eigenvalue weighted by molar-refractivity contribution is -0.143. The molecular weight excluding hydrogens is 394 g/mol. The second-order valence-electron chi connectivity index (χ2n) is 8.71. The van der Waals surface area contributed by atoms with Gasteiger partial charge in [0, 0.05) is 17.6 Å². The van der Waals surface area contributed by atoms with Gasteiger partial charge < -0.3 is 20.3 Å². The van der Waals surface area contributed by atoms with Gasteiger partial charge in [0.05, 0.1) is 0 Å². The van der Waals surface area contributed by atoms with Crippen LogP contribution in [0, 0.1) is 12.3 Å². The average Bonchev–Trinajstić information content (AvgIpc) is 2.67. The first kappa shape index (κ1) is 26.0. The number of ether oxygens (including phenoxy) is 1. The minimum absolute atomic E-state index is 0.123. The molecule has 2 unspecified atom stereocenters. The first-order valence-corrected chi connectivity index (χ1v) is 10.5. The van der Waals surface area contributed by atoms with Crippen LogP contribution in [-0.2, 0) is 14.3 Å². The first-order chi connectivity index (χ1) is 14.4. The molecule has 0 spiro atoms. The van der Waals surface area contributed by atoms with E-state index in [4.69, 9.17) is 11.2 Å². The highest BCUT2D eigenvalue weighted by Crippen LogP contribution is 2.27. The number of benzene rings is 1. The molecule has 0 heterocycles. The van der Waals surface area contributed by atoms with Crippen molar-refractivity contribution in [3.8, 4) is 12.3 Å². The summed E-state index contributed by atoms with van der Waals surface area (Å²) in [5, 5.41) is 5.38. The van der Waals surface area contributed by atoms with Crippen LogP contribution in [0.2, 0.25) is 0 Å². The number of carbonyl (C=O) groups excluding carboxylic acids is 3. The lowest BCUT2D eigenvalue weighted by atomic mass is 9.96. The summed E-state index contributed by atoms with van der Waals surface area (Å²) in [6.45, 7) is 12.4. The summed E-state index contributed by atoms with van der Waals surface area (Å²) in [6.07, 6.45) is 5.59. The van der Waals surface area contributed by atoms with Crippen molar-refractivity contribution in [2.75, 3.05) is 6.54 Å². The molecule has 170 valence electrons. The number of nitrogens with zero attached hydrogens (tertiary/aromatic N) is 1. The van der Waals surface area contributed by atoms with Crippen LogP contribution in [0.3, 0.4) is 0 Å². The smallest absolute Gasteiger partial charge is 0.408 e. The van der Waals surface area contributed by atoms with Gasteiger partial charge in [-0.2, -0.15) is 0 Å². The number of hydrogen-bond acceptors (Lipinski definition) is 4. The molecule has 31 heavy (non-hydrogen) atoms. The van der Waals surface area contributed by atoms with Crippen LogP contribution in [0.15, 0.2) is 24.3 Å². The van der Waals surface area contributed by atoms with E-state index < -0.39 is 23.6 Å². The summed E-state index contributed by atoms with van der Waals surface area (Å²) in [5.74, 6) is 1.87. The predicted molar refractivity (Wildman–Crippen MR) is 121 cm³/mol. The zero-order valence-electron chi connectivity index (χ0n) is 19.6. The molecule has 7 heteroatoms. The Balaban J connectivity index is 3.32. The van der Waals surface area contributed by atoms with E-state index in [0.717, 1.165) is 0 Å². The van der Waals surface area contributed by atoms with E-state index in [1.165, 1.54) is 4.90 Å². The molecule has 2 N–H and O–H groups in total. The van der Waals surface area contributed by atoms with Crippen molar-refractivity contribution in [2.45, 2.75) is 78.6 Å². The van der Waals surface area contributed by atoms with E-state index in [0.29, 0.717) is 17.5 Å². The van der Waals surface area contributed by atoms with Gasteiger partial charge in [0.25, 0.3) is 0 Å². The van der Waals surface area contributed by atoms with Crippen LogP contribution < -0.4 is 10.6 Å². The second-order valence-corrected chi connectivity index (χ2v) is 8.71. The Hall–Kier alpha value is -3.01. The van der Waals surface area contributed by atoms with Gasteiger partial charge in [0.2, 0.25) is 11.8 Å². The molecule has 1 rings (SSSR count). The number of rotatable bonds is 8. The normalized spacial score (nSPS) is 13.0. The Morgan fingerprint density at radius 1 is 1.16 bits per heavy atom. The van der Waals surface area contributed by atoms with Gasteiger partial charge in [-0.15, -0.1) is 6.42 Å². The van der Waals surface area contributed by atoms with E-state index in [1.807, 2.05) is 27.7 Å². The maximum Gasteiger partial charge on any atom is 0.408 e. The van der Waals surface area contributed by atoms with Crippen LogP contribution >= 0.6 is 0 Å². The molecular formula is C24H35N3O4. The van der Waals surface area contributed by atoms with E-state index in [9.17, 15) is 14.4 Å². The highest BCUT2D eigenvalue weighted by atomic mass is 16.6. The Labute approximate surface area is 185 Å². The minimum atomic E-state index is -0.933. The van der Waals surface area contributed by atoms with Gasteiger partial charge in [0.15, 0.2) is 0 Å². The van der Waals surface area contributed by atoms with Gasteiger partial charge >= 0.3 is 6.09 Å². The summed E-state index contributed by atoms with van der Waals surface area (Å²) in [7, 11) is 0. The predicted octanol–water partition coefficient (Wildman–Crippen LogP) is 3.39. The largest absolute Gasteiger partial charge is 0.444 e. The summed E-state index contributed by atoms with van der Waals surface area (Å²) in [6, 6.07) is 5.73. The van der Waals surface area contributed by atoms with E-state index in [2.05, 4.69) is 16.6 Å². The number of amides is 3. The van der Waals surface area contributed by atoms with Crippen LogP contribution in [-0.4, -0.2) is 47.0 Å². The van der Waals surface area contributed by atoms with Crippen molar-refractivity contribution in [1.82, 2.24) is 15.5 Å². The van der Waals surface area contributed by atoms with Gasteiger partial charge in [-0.25, -0.2) is 4.79 Å². The third-order valence-electron chi connectivity index (χ3n) is 4.50. The van der Waals surface area contributed by atoms with Crippen molar-refractivity contribution in [3.05, 3.63) is 35.4 Å². The van der Waals surface area contributed by atoms with Gasteiger partial charge in [0.1, 0.15) is 18.2 Å². The molecule has 0 radical (unpaired) electrons. The zero-order valence-corrected chi connectivity index (χ0v) is 19.6. The second kappa shape index (κ2) is 11.4. The molecule has 3 amide bonds. The molecule has 0 saturated heterocycles. The number of hydrogen-bond donors (Lipinski definition) is 2. The fourth-order valence-electron chi connectivity index (χ4n) is 3.04. The molecule has 0 aliphatic rings. The standard InChI is InChI=1S/C24H35N3O4/c1-9-17(5)27(20(28)15-25-23(30)31-24(6,7)8)21(22(29)26-16(3)4)19-14-12-11-13-18(19)10-2/h2,11-14,16-17,21H,9,15H2,1,3-8H3,(H,25,30)(H,26,29). The van der Waals surface area contributed by atoms with Crippen LogP contribution in [0.5, 0.6) is 0 Å². The molecule has 0 aliphatic heterocycles. The minimum Gasteiger partial charge on any atom is -0.444 e. The van der Waals surface area contributed by atoms with Crippen molar-refractivity contribution in [2.24, 2.45) is 0 Å². The molecule has 1 aromatic carbocycles. The third-order valence-corrected chi connectivity index (χ3v) is 4.50. The summed E-state index contributed by atoms with van der Waals surface area (Å²) >= 11 is 0. The topological polar surface area (TPSA) is 87.7 Å². The molecule has 2 atom stereocenters. The van der Waals surface area contributed by atoms with Gasteiger partial charge in [-0.1, -0.05) is 31.0 Å². The van der Waals surface area contributed by atoms with Crippen molar-refractivity contribution < 1.29 is 19.1 Å². The highest BCUT2D eigenvalue weighted by Gasteiger charge is 2.35. The fraction of sp³-hybridized carbons (Fsp3) is 0.542. The summed E-state index contributed by atoms with van der Waals surface area (Å²) in [4.78, 5) is 40.0. The molecule has 0 saturated carbocycles. The molecule has 0 fully saturated rings. The molecule has 0 aromatic heterocycles. The van der Waals surface area contributed by atoms with Crippen LogP contribution in [0.1, 0.15) is 72.1 Å². The van der Waals surface area contributed by atoms with E-state index >= 15 is 0 Å². The lowest BCUT2D eigenvalue weighted by Gasteiger charge is -2.36. The number of alkyl carbamates (subject to hydrolysis) is 1. The van der Waals surface area contributed by atoms with E-state index in [1.54, 1.807) is 45.0 Å². The average molecular weight is 430 g/mol. The molecule has 0 aliphatic carbocycles. The number of terminal acetylenes is 1. The molecule has 1 aromatic rings. The van der Waals surface area contributed by atoms with Gasteiger partial charge in [-0.05, 0) is 59.6 Å². The maximum atomic E-state index is 13.2. The van der Waals surface area contributed by atoms with Crippen molar-refractivity contribution in [1.29, 1.82) is 0 Å². The first-order valence-electron chi connectivity index (χ1n) is 10.5.